The van der Waals surface area contributed by atoms with Gasteiger partial charge in [-0.05, 0) is 46.4 Å². The van der Waals surface area contributed by atoms with Crippen LogP contribution in [0.25, 0.3) is 0 Å². The van der Waals surface area contributed by atoms with E-state index < -0.39 is 28.1 Å². The number of benzene rings is 4. The Morgan fingerprint density at radius 3 is 2.09 bits per heavy atom. The number of amides is 3. The first kappa shape index (κ1) is 26.5. The van der Waals surface area contributed by atoms with Crippen molar-refractivity contribution in [3.63, 3.8) is 0 Å². The van der Waals surface area contributed by atoms with Crippen molar-refractivity contribution in [1.29, 1.82) is 0 Å². The highest BCUT2D eigenvalue weighted by molar-refractivity contribution is 6.25. The van der Waals surface area contributed by atoms with Crippen LogP contribution in [0.2, 0.25) is 0 Å². The number of aryl methyl sites for hydroxylation is 1. The zero-order chi connectivity index (χ0) is 29.7. The summed E-state index contributed by atoms with van der Waals surface area (Å²) in [7, 11) is 0. The number of hydrazone groups is 1. The maximum Gasteiger partial charge on any atom is 0.269 e. The number of nitrogens with one attached hydrogen (secondary N) is 1. The zero-order valence-corrected chi connectivity index (χ0v) is 22.9. The molecule has 0 spiro atoms. The maximum atomic E-state index is 14.4. The molecule has 1 fully saturated rings. The summed E-state index contributed by atoms with van der Waals surface area (Å²) in [4.78, 5) is 53.2. The number of imide groups is 1. The van der Waals surface area contributed by atoms with E-state index >= 15 is 0 Å². The van der Waals surface area contributed by atoms with Crippen molar-refractivity contribution in [2.45, 2.75) is 24.2 Å². The van der Waals surface area contributed by atoms with Gasteiger partial charge in [0.1, 0.15) is 0 Å². The number of hydrogen-bond acceptors (Lipinski definition) is 6. The van der Waals surface area contributed by atoms with Gasteiger partial charge in [0, 0.05) is 30.7 Å². The van der Waals surface area contributed by atoms with Gasteiger partial charge in [-0.15, -0.1) is 0 Å². The fraction of sp³-hybridized carbons (Fsp3) is 0.176. The third-order valence-corrected chi connectivity index (χ3v) is 8.94. The summed E-state index contributed by atoms with van der Waals surface area (Å²) in [5.41, 5.74) is 6.35. The molecule has 0 unspecified atom stereocenters. The number of anilines is 1. The van der Waals surface area contributed by atoms with Crippen LogP contribution in [-0.2, 0) is 26.2 Å². The van der Waals surface area contributed by atoms with Gasteiger partial charge in [0.05, 0.1) is 27.9 Å². The number of hydrogen-bond donors (Lipinski definition) is 1. The Balaban J connectivity index is 1.30. The topological polar surface area (TPSA) is 122 Å². The molecule has 2 atom stereocenters. The molecule has 3 aliphatic carbocycles. The third-order valence-electron chi connectivity index (χ3n) is 8.94. The lowest BCUT2D eigenvalue weighted by atomic mass is 9.47. The van der Waals surface area contributed by atoms with Gasteiger partial charge in [-0.1, -0.05) is 78.9 Å². The third kappa shape index (κ3) is 3.99. The van der Waals surface area contributed by atoms with Crippen molar-refractivity contribution < 1.29 is 19.3 Å². The van der Waals surface area contributed by atoms with Crippen LogP contribution in [-0.4, -0.2) is 28.9 Å². The maximum absolute atomic E-state index is 14.4. The van der Waals surface area contributed by atoms with Crippen molar-refractivity contribution >= 4 is 35.3 Å². The smallest absolute Gasteiger partial charge is 0.269 e. The summed E-state index contributed by atoms with van der Waals surface area (Å²) in [5, 5.41) is 15.7. The fourth-order valence-corrected chi connectivity index (χ4v) is 7.19. The van der Waals surface area contributed by atoms with Gasteiger partial charge < -0.3 is 0 Å². The molecule has 9 nitrogen and oxygen atoms in total. The van der Waals surface area contributed by atoms with Crippen molar-refractivity contribution in [1.82, 2.24) is 5.43 Å². The Hall–Kier alpha value is -5.44. The second-order valence-electron chi connectivity index (χ2n) is 11.1. The standard InChI is InChI=1S/C34H26N4O5/c39-28(19-14-21-8-2-1-3-9-21)36-35-20-34-26-12-6-4-10-24(26)29(25-11-5-7-13-27(25)34)30-31(34)33(41)37(32(30)40)22-15-17-23(18-16-22)38(42)43/h1-13,15-18,20,29-31H,14,19H2,(H,36,39)/b35-20-/t29?,30-,31+,34?/m0/s1. The molecule has 43 heavy (non-hydrogen) atoms. The monoisotopic (exact) mass is 570 g/mol. The molecule has 8 rings (SSSR count). The molecular weight excluding hydrogens is 544 g/mol. The molecule has 0 aromatic heterocycles. The van der Waals surface area contributed by atoms with Gasteiger partial charge in [0.2, 0.25) is 17.7 Å². The van der Waals surface area contributed by atoms with E-state index in [-0.39, 0.29) is 35.5 Å². The average Bonchev–Trinajstić information content (AvgIpc) is 3.31. The van der Waals surface area contributed by atoms with Gasteiger partial charge in [0.25, 0.3) is 5.69 Å². The summed E-state index contributed by atoms with van der Waals surface area (Å²) < 4.78 is 0. The van der Waals surface area contributed by atoms with Gasteiger partial charge in [-0.25, -0.2) is 10.3 Å². The molecule has 2 bridgehead atoms. The Morgan fingerprint density at radius 2 is 1.47 bits per heavy atom. The van der Waals surface area contributed by atoms with E-state index in [2.05, 4.69) is 10.5 Å². The first-order valence-electron chi connectivity index (χ1n) is 14.1. The molecule has 4 aromatic rings. The van der Waals surface area contributed by atoms with Crippen LogP contribution in [0.5, 0.6) is 0 Å². The number of non-ortho nitro benzene ring substituents is 1. The lowest BCUT2D eigenvalue weighted by Gasteiger charge is -2.52. The highest BCUT2D eigenvalue weighted by Gasteiger charge is 2.68. The first-order valence-corrected chi connectivity index (χ1v) is 14.1. The molecule has 212 valence electrons. The average molecular weight is 571 g/mol. The van der Waals surface area contributed by atoms with Crippen LogP contribution < -0.4 is 10.3 Å². The quantitative estimate of drug-likeness (QED) is 0.147. The Labute approximate surface area is 247 Å². The first-order chi connectivity index (χ1) is 20.9. The number of nitro benzene ring substituents is 1. The van der Waals surface area contributed by atoms with Crippen LogP contribution >= 0.6 is 0 Å². The molecule has 0 saturated carbocycles. The van der Waals surface area contributed by atoms with Gasteiger partial charge in [-0.2, -0.15) is 5.10 Å². The number of rotatable bonds is 7. The van der Waals surface area contributed by atoms with Crippen LogP contribution in [0.15, 0.2) is 108 Å². The summed E-state index contributed by atoms with van der Waals surface area (Å²) in [6.45, 7) is 0. The van der Waals surface area contributed by atoms with Gasteiger partial charge in [-0.3, -0.25) is 24.5 Å². The zero-order valence-electron chi connectivity index (χ0n) is 22.9. The molecule has 1 saturated heterocycles. The second kappa shape index (κ2) is 10.1. The molecule has 4 aromatic carbocycles. The molecule has 1 aliphatic heterocycles. The van der Waals surface area contributed by atoms with E-state index in [4.69, 9.17) is 0 Å². The molecular formula is C34H26N4O5. The van der Waals surface area contributed by atoms with Gasteiger partial charge in [0.15, 0.2) is 0 Å². The number of nitrogens with zero attached hydrogens (tertiary/aromatic N) is 3. The number of carbonyl (C=O) groups is 3. The molecule has 3 amide bonds. The predicted octanol–water partition coefficient (Wildman–Crippen LogP) is 4.88. The van der Waals surface area contributed by atoms with E-state index in [0.717, 1.165) is 32.7 Å². The lowest BCUT2D eigenvalue weighted by Crippen LogP contribution is -2.54. The second-order valence-corrected chi connectivity index (χ2v) is 11.1. The van der Waals surface area contributed by atoms with Crippen LogP contribution in [0, 0.1) is 22.0 Å². The SMILES string of the molecule is O=C(CCc1ccccc1)N/N=C\C12c3ccccc3C(c3ccccc31)[C@@H]1C(=O)N(c3ccc([N+](=O)[O-])cc3)C(=O)[C@@H]12. The molecule has 1 heterocycles. The minimum atomic E-state index is -1.12. The molecule has 4 aliphatic rings. The molecule has 0 radical (unpaired) electrons. The van der Waals surface area contributed by atoms with E-state index in [1.165, 1.54) is 24.3 Å². The van der Waals surface area contributed by atoms with E-state index in [1.807, 2.05) is 78.9 Å². The van der Waals surface area contributed by atoms with Crippen LogP contribution in [0.1, 0.15) is 40.2 Å². The minimum absolute atomic E-state index is 0.133. The van der Waals surface area contributed by atoms with Crippen molar-refractivity contribution in [2.24, 2.45) is 16.9 Å². The Morgan fingerprint density at radius 1 is 0.860 bits per heavy atom. The van der Waals surface area contributed by atoms with Crippen LogP contribution in [0.3, 0.4) is 0 Å². The normalized spacial score (nSPS) is 23.2. The summed E-state index contributed by atoms with van der Waals surface area (Å²) in [5.74, 6) is -2.92. The summed E-state index contributed by atoms with van der Waals surface area (Å²) >= 11 is 0. The van der Waals surface area contributed by atoms with E-state index in [1.54, 1.807) is 6.21 Å². The Kier molecular flexibility index (Phi) is 6.23. The minimum Gasteiger partial charge on any atom is -0.274 e. The number of nitro groups is 1. The number of carbonyl (C=O) groups excluding carboxylic acids is 3. The van der Waals surface area contributed by atoms with Crippen LogP contribution in [0.4, 0.5) is 11.4 Å². The molecule has 9 heteroatoms. The van der Waals surface area contributed by atoms with Crippen molar-refractivity contribution in [2.75, 3.05) is 4.90 Å². The summed E-state index contributed by atoms with van der Waals surface area (Å²) in [6, 6.07) is 30.7. The lowest BCUT2D eigenvalue weighted by molar-refractivity contribution is -0.384. The highest BCUT2D eigenvalue weighted by Crippen LogP contribution is 2.63. The van der Waals surface area contributed by atoms with Crippen molar-refractivity contribution in [3.05, 3.63) is 141 Å². The summed E-state index contributed by atoms with van der Waals surface area (Å²) in [6.07, 6.45) is 2.42. The fourth-order valence-electron chi connectivity index (χ4n) is 7.19. The largest absolute Gasteiger partial charge is 0.274 e. The molecule has 1 N–H and O–H groups in total. The Bertz CT molecular complexity index is 1770. The van der Waals surface area contributed by atoms with E-state index in [0.29, 0.717) is 6.42 Å². The highest BCUT2D eigenvalue weighted by atomic mass is 16.6. The van der Waals surface area contributed by atoms with E-state index in [9.17, 15) is 24.5 Å². The van der Waals surface area contributed by atoms with Crippen molar-refractivity contribution in [3.8, 4) is 0 Å². The van der Waals surface area contributed by atoms with Gasteiger partial charge >= 0.3 is 0 Å². The predicted molar refractivity (Wildman–Crippen MR) is 159 cm³/mol.